The van der Waals surface area contributed by atoms with Crippen molar-refractivity contribution in [2.75, 3.05) is 49.1 Å². The monoisotopic (exact) mass is 474 g/mol. The van der Waals surface area contributed by atoms with Crippen LogP contribution in [0.2, 0.25) is 0 Å². The third-order valence-electron chi connectivity index (χ3n) is 6.38. The van der Waals surface area contributed by atoms with Crippen molar-refractivity contribution in [2.24, 2.45) is 5.73 Å². The number of rotatable bonds is 4. The summed E-state index contributed by atoms with van der Waals surface area (Å²) in [7, 11) is 0. The average molecular weight is 474 g/mol. The first kappa shape index (κ1) is 22.4. The Kier molecular flexibility index (Phi) is 5.98. The fourth-order valence-electron chi connectivity index (χ4n) is 4.49. The summed E-state index contributed by atoms with van der Waals surface area (Å²) in [5, 5.41) is 0. The summed E-state index contributed by atoms with van der Waals surface area (Å²) in [5.74, 6) is -1.25. The van der Waals surface area contributed by atoms with Crippen LogP contribution in [0.25, 0.3) is 11.0 Å². The summed E-state index contributed by atoms with van der Waals surface area (Å²) >= 11 is 0. The van der Waals surface area contributed by atoms with Crippen LogP contribution in [-0.2, 0) is 11.3 Å². The molecule has 2 aromatic heterocycles. The van der Waals surface area contributed by atoms with Gasteiger partial charge in [-0.1, -0.05) is 0 Å². The molecule has 2 aliphatic rings. The summed E-state index contributed by atoms with van der Waals surface area (Å²) in [6, 6.07) is 3.09. The zero-order valence-electron chi connectivity index (χ0n) is 18.4. The van der Waals surface area contributed by atoms with E-state index in [0.29, 0.717) is 50.1 Å². The van der Waals surface area contributed by atoms with Gasteiger partial charge in [0.05, 0.1) is 17.1 Å². The molecule has 0 radical (unpaired) electrons. The standard InChI is InChI=1S/C22H25F3N8O/c23-14-2-5-32(12-17(14)26)22-29-18-10-15(24)16(25)11-19(18)33(22)13-20(34)30-6-8-31(9-7-30)21-27-3-1-4-28-21/h1,3-4,10-11,14,17H,2,5-9,12-13,26H2/t14-,17-/m1/s1. The van der Waals surface area contributed by atoms with Gasteiger partial charge in [-0.25, -0.2) is 28.1 Å². The number of carbonyl (C=O) groups excluding carboxylic acids is 1. The van der Waals surface area contributed by atoms with E-state index in [2.05, 4.69) is 15.0 Å². The molecule has 2 fully saturated rings. The van der Waals surface area contributed by atoms with Crippen LogP contribution in [0, 0.1) is 11.6 Å². The summed E-state index contributed by atoms with van der Waals surface area (Å²) in [5.41, 5.74) is 6.44. The van der Waals surface area contributed by atoms with Crippen LogP contribution in [0.3, 0.4) is 0 Å². The maximum absolute atomic E-state index is 14.1. The molecule has 0 unspecified atom stereocenters. The number of amides is 1. The first-order chi connectivity index (χ1) is 16.4. The Hall–Kier alpha value is -3.41. The highest BCUT2D eigenvalue weighted by atomic mass is 19.2. The fraction of sp³-hybridized carbons (Fsp3) is 0.455. The summed E-state index contributed by atoms with van der Waals surface area (Å²) in [4.78, 5) is 31.7. The van der Waals surface area contributed by atoms with Crippen molar-refractivity contribution in [3.05, 3.63) is 42.2 Å². The lowest BCUT2D eigenvalue weighted by molar-refractivity contribution is -0.132. The van der Waals surface area contributed by atoms with Crippen molar-refractivity contribution in [3.8, 4) is 0 Å². The SMILES string of the molecule is N[C@@H]1CN(c2nc3cc(F)c(F)cc3n2CC(=O)N2CCN(c3ncccn3)CC2)CC[C@H]1F. The van der Waals surface area contributed by atoms with Gasteiger partial charge in [0, 0.05) is 63.8 Å². The van der Waals surface area contributed by atoms with E-state index in [1.807, 2.05) is 4.90 Å². The number of piperazine rings is 1. The second-order valence-corrected chi connectivity index (χ2v) is 8.58. The van der Waals surface area contributed by atoms with E-state index in [-0.39, 0.29) is 30.9 Å². The molecule has 9 nitrogen and oxygen atoms in total. The Morgan fingerprint density at radius 1 is 1.03 bits per heavy atom. The van der Waals surface area contributed by atoms with E-state index in [4.69, 9.17) is 5.73 Å². The molecule has 0 bridgehead atoms. The molecule has 0 saturated carbocycles. The number of hydrogen-bond donors (Lipinski definition) is 1. The molecule has 0 spiro atoms. The highest BCUT2D eigenvalue weighted by Crippen LogP contribution is 2.28. The predicted octanol–water partition coefficient (Wildman–Crippen LogP) is 1.33. The van der Waals surface area contributed by atoms with Gasteiger partial charge in [-0.2, -0.15) is 0 Å². The number of aromatic nitrogens is 4. The first-order valence-corrected chi connectivity index (χ1v) is 11.2. The van der Waals surface area contributed by atoms with Gasteiger partial charge in [0.15, 0.2) is 11.6 Å². The smallest absolute Gasteiger partial charge is 0.242 e. The zero-order chi connectivity index (χ0) is 23.8. The number of carbonyl (C=O) groups is 1. The van der Waals surface area contributed by atoms with E-state index < -0.39 is 23.8 Å². The number of nitrogens with zero attached hydrogens (tertiary/aromatic N) is 7. The van der Waals surface area contributed by atoms with Crippen molar-refractivity contribution in [1.29, 1.82) is 0 Å². The summed E-state index contributed by atoms with van der Waals surface area (Å²) in [6.45, 7) is 2.52. The second kappa shape index (κ2) is 9.09. The molecule has 3 aromatic rings. The number of fused-ring (bicyclic) bond motifs is 1. The van der Waals surface area contributed by atoms with Gasteiger partial charge in [-0.15, -0.1) is 0 Å². The molecule has 2 saturated heterocycles. The minimum absolute atomic E-state index is 0.108. The molecule has 12 heteroatoms. The van der Waals surface area contributed by atoms with Gasteiger partial charge in [0.2, 0.25) is 17.8 Å². The van der Waals surface area contributed by atoms with Crippen molar-refractivity contribution < 1.29 is 18.0 Å². The molecular formula is C22H25F3N8O. The molecule has 34 heavy (non-hydrogen) atoms. The lowest BCUT2D eigenvalue weighted by Gasteiger charge is -2.36. The number of alkyl halides is 1. The van der Waals surface area contributed by atoms with Gasteiger partial charge < -0.3 is 25.0 Å². The van der Waals surface area contributed by atoms with E-state index in [1.54, 1.807) is 32.8 Å². The molecule has 1 aromatic carbocycles. The molecule has 4 heterocycles. The van der Waals surface area contributed by atoms with Crippen LogP contribution in [0.15, 0.2) is 30.6 Å². The van der Waals surface area contributed by atoms with Crippen molar-refractivity contribution >= 4 is 28.8 Å². The van der Waals surface area contributed by atoms with E-state index in [0.717, 1.165) is 12.1 Å². The van der Waals surface area contributed by atoms with Crippen molar-refractivity contribution in [2.45, 2.75) is 25.2 Å². The normalized spacial score (nSPS) is 21.4. The number of nitrogens with two attached hydrogens (primary N) is 1. The van der Waals surface area contributed by atoms with Crippen LogP contribution in [0.4, 0.5) is 25.1 Å². The van der Waals surface area contributed by atoms with E-state index in [1.165, 1.54) is 0 Å². The average Bonchev–Trinajstić information content (AvgIpc) is 3.18. The molecule has 2 aliphatic heterocycles. The minimum Gasteiger partial charge on any atom is -0.340 e. The predicted molar refractivity (Wildman–Crippen MR) is 120 cm³/mol. The third kappa shape index (κ3) is 4.25. The largest absolute Gasteiger partial charge is 0.340 e. The number of imidazole rings is 1. The van der Waals surface area contributed by atoms with Crippen LogP contribution in [0.5, 0.6) is 0 Å². The molecular weight excluding hydrogens is 449 g/mol. The maximum Gasteiger partial charge on any atom is 0.242 e. The lowest BCUT2D eigenvalue weighted by Crippen LogP contribution is -2.51. The van der Waals surface area contributed by atoms with Crippen LogP contribution in [-0.4, -0.2) is 81.8 Å². The van der Waals surface area contributed by atoms with E-state index in [9.17, 15) is 18.0 Å². The molecule has 2 atom stereocenters. The van der Waals surface area contributed by atoms with Crippen molar-refractivity contribution in [1.82, 2.24) is 24.4 Å². The minimum atomic E-state index is -1.13. The highest BCUT2D eigenvalue weighted by molar-refractivity contribution is 5.83. The second-order valence-electron chi connectivity index (χ2n) is 8.58. The number of benzene rings is 1. The van der Waals surface area contributed by atoms with Gasteiger partial charge in [0.25, 0.3) is 0 Å². The van der Waals surface area contributed by atoms with Crippen molar-refractivity contribution in [3.63, 3.8) is 0 Å². The fourth-order valence-corrected chi connectivity index (χ4v) is 4.49. The Bertz CT molecular complexity index is 1180. The van der Waals surface area contributed by atoms with Crippen LogP contribution < -0.4 is 15.5 Å². The Morgan fingerprint density at radius 2 is 1.74 bits per heavy atom. The number of anilines is 2. The van der Waals surface area contributed by atoms with Gasteiger partial charge in [-0.3, -0.25) is 4.79 Å². The van der Waals surface area contributed by atoms with Crippen LogP contribution >= 0.6 is 0 Å². The maximum atomic E-state index is 14.1. The third-order valence-corrected chi connectivity index (χ3v) is 6.38. The first-order valence-electron chi connectivity index (χ1n) is 11.2. The Labute approximate surface area is 194 Å². The van der Waals surface area contributed by atoms with Crippen LogP contribution in [0.1, 0.15) is 6.42 Å². The Morgan fingerprint density at radius 3 is 2.44 bits per heavy atom. The number of piperidine rings is 1. The highest BCUT2D eigenvalue weighted by Gasteiger charge is 2.31. The van der Waals surface area contributed by atoms with Gasteiger partial charge in [-0.05, 0) is 12.5 Å². The van der Waals surface area contributed by atoms with Gasteiger partial charge in [0.1, 0.15) is 12.7 Å². The summed E-state index contributed by atoms with van der Waals surface area (Å²) in [6.07, 6.45) is 2.43. The number of hydrogen-bond acceptors (Lipinski definition) is 7. The Balaban J connectivity index is 1.38. The number of halogens is 3. The molecule has 5 rings (SSSR count). The molecule has 0 aliphatic carbocycles. The molecule has 1 amide bonds. The lowest BCUT2D eigenvalue weighted by atomic mass is 10.1. The topological polar surface area (TPSA) is 96.4 Å². The zero-order valence-corrected chi connectivity index (χ0v) is 18.4. The van der Waals surface area contributed by atoms with E-state index >= 15 is 0 Å². The molecule has 2 N–H and O–H groups in total. The summed E-state index contributed by atoms with van der Waals surface area (Å²) < 4.78 is 43.5. The van der Waals surface area contributed by atoms with Gasteiger partial charge >= 0.3 is 0 Å². The quantitative estimate of drug-likeness (QED) is 0.610. The molecule has 180 valence electrons.